The second kappa shape index (κ2) is 7.72. The van der Waals surface area contributed by atoms with Crippen molar-refractivity contribution in [3.63, 3.8) is 0 Å². The van der Waals surface area contributed by atoms with Gasteiger partial charge < -0.3 is 19.8 Å². The number of hydrogen-bond donors (Lipinski definition) is 2. The van der Waals surface area contributed by atoms with Gasteiger partial charge in [-0.2, -0.15) is 0 Å². The number of H-pyrrole nitrogens is 1. The Labute approximate surface area is 161 Å². The number of benzene rings is 2. The van der Waals surface area contributed by atoms with E-state index in [1.54, 1.807) is 44.4 Å². The Kier molecular flexibility index (Phi) is 5.37. The normalized spacial score (nSPS) is 11.9. The summed E-state index contributed by atoms with van der Waals surface area (Å²) >= 11 is 6.00. The van der Waals surface area contributed by atoms with Crippen LogP contribution >= 0.6 is 11.6 Å². The molecule has 2 aromatic carbocycles. The van der Waals surface area contributed by atoms with Crippen LogP contribution in [0.3, 0.4) is 0 Å². The van der Waals surface area contributed by atoms with Crippen LogP contribution in [0, 0.1) is 0 Å². The Morgan fingerprint density at radius 2 is 1.81 bits per heavy atom. The van der Waals surface area contributed by atoms with Crippen LogP contribution in [0.5, 0.6) is 11.5 Å². The van der Waals surface area contributed by atoms with Gasteiger partial charge in [0.1, 0.15) is 0 Å². The topological polar surface area (TPSA) is 80.4 Å². The number of fused-ring (bicyclic) bond motifs is 1. The molecule has 0 aliphatic heterocycles. The predicted octanol–water partition coefficient (Wildman–Crippen LogP) is 3.90. The summed E-state index contributed by atoms with van der Waals surface area (Å²) in [6, 6.07) is 10.1. The molecule has 1 aromatic heterocycles. The zero-order valence-electron chi connectivity index (χ0n) is 15.1. The largest absolute Gasteiger partial charge is 0.493 e. The highest BCUT2D eigenvalue weighted by molar-refractivity contribution is 6.45. The summed E-state index contributed by atoms with van der Waals surface area (Å²) in [6.45, 7) is 1.79. The molecule has 1 heterocycles. The molecule has 0 fully saturated rings. The quantitative estimate of drug-likeness (QED) is 0.497. The fourth-order valence-corrected chi connectivity index (χ4v) is 3.04. The van der Waals surface area contributed by atoms with Crippen LogP contribution in [-0.2, 0) is 4.79 Å². The molecular weight excluding hydrogens is 368 g/mol. The van der Waals surface area contributed by atoms with Crippen molar-refractivity contribution in [3.05, 3.63) is 58.7 Å². The first kappa shape index (κ1) is 18.8. The summed E-state index contributed by atoms with van der Waals surface area (Å²) in [5, 5.41) is 3.83. The number of amides is 1. The minimum absolute atomic E-state index is 0.282. The van der Waals surface area contributed by atoms with Gasteiger partial charge in [0, 0.05) is 22.1 Å². The fourth-order valence-electron chi connectivity index (χ4n) is 2.87. The Hall–Kier alpha value is -2.99. The van der Waals surface area contributed by atoms with E-state index in [1.807, 2.05) is 6.07 Å². The van der Waals surface area contributed by atoms with E-state index < -0.39 is 17.7 Å². The number of rotatable bonds is 6. The Bertz CT molecular complexity index is 1010. The summed E-state index contributed by atoms with van der Waals surface area (Å²) in [7, 11) is 3.09. The van der Waals surface area contributed by atoms with Gasteiger partial charge in [-0.1, -0.05) is 17.7 Å². The maximum absolute atomic E-state index is 12.6. The first-order chi connectivity index (χ1) is 12.9. The third-order valence-electron chi connectivity index (χ3n) is 4.35. The summed E-state index contributed by atoms with van der Waals surface area (Å²) in [5.41, 5.74) is 1.81. The van der Waals surface area contributed by atoms with Crippen LogP contribution in [0.2, 0.25) is 5.02 Å². The highest BCUT2D eigenvalue weighted by Gasteiger charge is 2.22. The minimum atomic E-state index is -0.696. The second-order valence-corrected chi connectivity index (χ2v) is 6.47. The molecule has 27 heavy (non-hydrogen) atoms. The number of halogens is 1. The molecule has 0 radical (unpaired) electrons. The van der Waals surface area contributed by atoms with Crippen molar-refractivity contribution < 1.29 is 19.1 Å². The second-order valence-electron chi connectivity index (χ2n) is 6.03. The molecule has 1 amide bonds. The van der Waals surface area contributed by atoms with Crippen LogP contribution in [0.25, 0.3) is 10.9 Å². The standard InChI is InChI=1S/C20H19ClN2O4/c1-11(12-4-7-17(26-2)18(8-12)27-3)23-20(25)19(24)15-10-22-16-6-5-13(21)9-14(15)16/h4-11,22H,1-3H3,(H,23,25)/t11-/m1/s1. The highest BCUT2D eigenvalue weighted by Crippen LogP contribution is 2.30. The lowest BCUT2D eigenvalue weighted by Crippen LogP contribution is -2.33. The van der Waals surface area contributed by atoms with E-state index in [2.05, 4.69) is 10.3 Å². The molecular formula is C20H19ClN2O4. The van der Waals surface area contributed by atoms with E-state index in [0.717, 1.165) is 11.1 Å². The number of ether oxygens (including phenoxy) is 2. The molecule has 3 rings (SSSR count). The zero-order chi connectivity index (χ0) is 19.6. The monoisotopic (exact) mass is 386 g/mol. The number of carbonyl (C=O) groups is 2. The van der Waals surface area contributed by atoms with Crippen LogP contribution in [0.4, 0.5) is 0 Å². The molecule has 0 saturated heterocycles. The van der Waals surface area contributed by atoms with Gasteiger partial charge in [0.15, 0.2) is 11.5 Å². The first-order valence-electron chi connectivity index (χ1n) is 8.28. The molecule has 0 saturated carbocycles. The lowest BCUT2D eigenvalue weighted by Gasteiger charge is -2.16. The van der Waals surface area contributed by atoms with E-state index in [0.29, 0.717) is 21.9 Å². The lowest BCUT2D eigenvalue weighted by molar-refractivity contribution is -0.117. The van der Waals surface area contributed by atoms with E-state index in [-0.39, 0.29) is 5.56 Å². The SMILES string of the molecule is COc1ccc([C@@H](C)NC(=O)C(=O)c2c[nH]c3ccc(Cl)cc23)cc1OC. The highest BCUT2D eigenvalue weighted by atomic mass is 35.5. The third kappa shape index (κ3) is 3.75. The van der Waals surface area contributed by atoms with Crippen molar-refractivity contribution in [1.82, 2.24) is 10.3 Å². The van der Waals surface area contributed by atoms with Gasteiger partial charge in [0.05, 0.1) is 25.8 Å². The number of aromatic nitrogens is 1. The van der Waals surface area contributed by atoms with Gasteiger partial charge in [-0.25, -0.2) is 0 Å². The number of nitrogens with one attached hydrogen (secondary N) is 2. The van der Waals surface area contributed by atoms with Gasteiger partial charge in [-0.3, -0.25) is 9.59 Å². The molecule has 140 valence electrons. The maximum atomic E-state index is 12.6. The van der Waals surface area contributed by atoms with E-state index in [1.165, 1.54) is 13.3 Å². The fraction of sp³-hybridized carbons (Fsp3) is 0.200. The number of aromatic amines is 1. The van der Waals surface area contributed by atoms with Crippen molar-refractivity contribution in [2.75, 3.05) is 14.2 Å². The smallest absolute Gasteiger partial charge is 0.292 e. The van der Waals surface area contributed by atoms with Crippen LogP contribution in [0.15, 0.2) is 42.6 Å². The van der Waals surface area contributed by atoms with E-state index in [9.17, 15) is 9.59 Å². The van der Waals surface area contributed by atoms with E-state index in [4.69, 9.17) is 21.1 Å². The molecule has 6 nitrogen and oxygen atoms in total. The van der Waals surface area contributed by atoms with Gasteiger partial charge in [0.2, 0.25) is 0 Å². The Morgan fingerprint density at radius 3 is 2.52 bits per heavy atom. The Morgan fingerprint density at radius 1 is 1.07 bits per heavy atom. The molecule has 2 N–H and O–H groups in total. The first-order valence-corrected chi connectivity index (χ1v) is 8.66. The lowest BCUT2D eigenvalue weighted by atomic mass is 10.1. The molecule has 0 unspecified atom stereocenters. The molecule has 3 aromatic rings. The van der Waals surface area contributed by atoms with Gasteiger partial charge in [-0.05, 0) is 42.8 Å². The summed E-state index contributed by atoms with van der Waals surface area (Å²) in [4.78, 5) is 28.0. The minimum Gasteiger partial charge on any atom is -0.493 e. The van der Waals surface area contributed by atoms with Crippen molar-refractivity contribution >= 4 is 34.2 Å². The molecule has 0 spiro atoms. The van der Waals surface area contributed by atoms with Crippen molar-refractivity contribution in [2.24, 2.45) is 0 Å². The molecule has 0 aliphatic carbocycles. The summed E-state index contributed by atoms with van der Waals surface area (Å²) < 4.78 is 10.5. The van der Waals surface area contributed by atoms with Gasteiger partial charge in [0.25, 0.3) is 11.7 Å². The van der Waals surface area contributed by atoms with E-state index >= 15 is 0 Å². The third-order valence-corrected chi connectivity index (χ3v) is 4.58. The summed E-state index contributed by atoms with van der Waals surface area (Å²) in [6.07, 6.45) is 1.52. The van der Waals surface area contributed by atoms with Crippen molar-refractivity contribution in [3.8, 4) is 11.5 Å². The number of hydrogen-bond acceptors (Lipinski definition) is 4. The van der Waals surface area contributed by atoms with Crippen LogP contribution in [0.1, 0.15) is 28.9 Å². The summed E-state index contributed by atoms with van der Waals surface area (Å²) in [5.74, 6) is -0.186. The number of carbonyl (C=O) groups excluding carboxylic acids is 2. The van der Waals surface area contributed by atoms with Gasteiger partial charge >= 0.3 is 0 Å². The molecule has 0 aliphatic rings. The van der Waals surface area contributed by atoms with Crippen LogP contribution in [-0.4, -0.2) is 30.9 Å². The van der Waals surface area contributed by atoms with Crippen molar-refractivity contribution in [2.45, 2.75) is 13.0 Å². The average molecular weight is 387 g/mol. The molecule has 7 heteroatoms. The Balaban J connectivity index is 1.79. The average Bonchev–Trinajstić information content (AvgIpc) is 3.09. The van der Waals surface area contributed by atoms with Crippen molar-refractivity contribution in [1.29, 1.82) is 0 Å². The number of ketones is 1. The zero-order valence-corrected chi connectivity index (χ0v) is 15.9. The number of methoxy groups -OCH3 is 2. The molecule has 1 atom stereocenters. The van der Waals surface area contributed by atoms with Gasteiger partial charge in [-0.15, -0.1) is 0 Å². The number of Topliss-reactive ketones (excluding diaryl/α,β-unsaturated/α-hetero) is 1. The van der Waals surface area contributed by atoms with Crippen LogP contribution < -0.4 is 14.8 Å². The predicted molar refractivity (Wildman–Crippen MR) is 104 cm³/mol. The molecule has 0 bridgehead atoms. The maximum Gasteiger partial charge on any atom is 0.292 e.